The molecule has 0 saturated carbocycles. The largest absolute Gasteiger partial charge is 0.504 e. The molecule has 0 spiro atoms. The van der Waals surface area contributed by atoms with E-state index in [1.807, 2.05) is 0 Å². The van der Waals surface area contributed by atoms with Gasteiger partial charge in [0, 0.05) is 6.04 Å². The third-order valence-electron chi connectivity index (χ3n) is 2.08. The highest BCUT2D eigenvalue weighted by atomic mass is 19.4. The lowest BCUT2D eigenvalue weighted by atomic mass is 10.0. The molecule has 0 saturated heterocycles. The van der Waals surface area contributed by atoms with E-state index in [4.69, 9.17) is 5.73 Å². The lowest BCUT2D eigenvalue weighted by Gasteiger charge is -2.13. The molecule has 1 rings (SSSR count). The van der Waals surface area contributed by atoms with Gasteiger partial charge in [-0.1, -0.05) is 6.07 Å². The Morgan fingerprint density at radius 1 is 1.25 bits per heavy atom. The molecule has 6 heteroatoms. The predicted molar refractivity (Wildman–Crippen MR) is 52.1 cm³/mol. The Morgan fingerprint density at radius 2 is 1.81 bits per heavy atom. The van der Waals surface area contributed by atoms with Crippen molar-refractivity contribution in [2.75, 3.05) is 0 Å². The van der Waals surface area contributed by atoms with Crippen LogP contribution < -0.4 is 5.73 Å². The lowest BCUT2D eigenvalue weighted by Crippen LogP contribution is -2.18. The summed E-state index contributed by atoms with van der Waals surface area (Å²) < 4.78 is 37.0. The zero-order valence-corrected chi connectivity index (χ0v) is 8.54. The van der Waals surface area contributed by atoms with Gasteiger partial charge >= 0.3 is 6.18 Å². The van der Waals surface area contributed by atoms with Crippen molar-refractivity contribution in [1.82, 2.24) is 0 Å². The zero-order chi connectivity index (χ0) is 12.5. The summed E-state index contributed by atoms with van der Waals surface area (Å²) in [7, 11) is 0. The molecule has 0 fully saturated rings. The zero-order valence-electron chi connectivity index (χ0n) is 8.54. The van der Waals surface area contributed by atoms with E-state index in [-0.39, 0.29) is 18.0 Å². The van der Waals surface area contributed by atoms with Gasteiger partial charge in [-0.2, -0.15) is 13.2 Å². The predicted octanol–water partition coefficient (Wildman–Crippen LogP) is 2.01. The fourth-order valence-electron chi connectivity index (χ4n) is 1.36. The number of rotatable bonds is 2. The molecule has 0 amide bonds. The van der Waals surface area contributed by atoms with E-state index < -0.39 is 23.2 Å². The van der Waals surface area contributed by atoms with Crippen molar-refractivity contribution in [2.24, 2.45) is 5.73 Å². The molecular formula is C10H12F3NO2. The number of aromatic hydroxyl groups is 2. The molecule has 1 aromatic rings. The third kappa shape index (κ3) is 2.57. The maximum Gasteiger partial charge on any atom is 0.420 e. The van der Waals surface area contributed by atoms with Gasteiger partial charge in [0.1, 0.15) is 5.56 Å². The van der Waals surface area contributed by atoms with Crippen LogP contribution in [0, 0.1) is 0 Å². The van der Waals surface area contributed by atoms with Gasteiger partial charge in [-0.05, 0) is 25.0 Å². The summed E-state index contributed by atoms with van der Waals surface area (Å²) in [5.41, 5.74) is 4.40. The van der Waals surface area contributed by atoms with E-state index in [0.717, 1.165) is 12.1 Å². The second-order valence-electron chi connectivity index (χ2n) is 3.65. The van der Waals surface area contributed by atoms with Gasteiger partial charge in [0.2, 0.25) is 0 Å². The second kappa shape index (κ2) is 4.21. The van der Waals surface area contributed by atoms with Crippen molar-refractivity contribution in [1.29, 1.82) is 0 Å². The maximum atomic E-state index is 12.3. The number of hydrogen-bond acceptors (Lipinski definition) is 3. The van der Waals surface area contributed by atoms with Crippen LogP contribution in [0.2, 0.25) is 0 Å². The highest BCUT2D eigenvalue weighted by Gasteiger charge is 2.35. The number of nitrogens with two attached hydrogens (primary N) is 1. The minimum atomic E-state index is -4.69. The number of hydrogen-bond donors (Lipinski definition) is 3. The van der Waals surface area contributed by atoms with Crippen molar-refractivity contribution in [3.8, 4) is 11.5 Å². The van der Waals surface area contributed by atoms with Crippen molar-refractivity contribution < 1.29 is 23.4 Å². The summed E-state index contributed by atoms with van der Waals surface area (Å²) in [4.78, 5) is 0. The molecule has 4 N–H and O–H groups in total. The second-order valence-corrected chi connectivity index (χ2v) is 3.65. The molecular weight excluding hydrogens is 223 g/mol. The molecule has 90 valence electrons. The molecule has 0 bridgehead atoms. The topological polar surface area (TPSA) is 66.5 Å². The molecule has 16 heavy (non-hydrogen) atoms. The minimum Gasteiger partial charge on any atom is -0.504 e. The molecule has 0 aliphatic rings. The summed E-state index contributed by atoms with van der Waals surface area (Å²) in [5, 5.41) is 18.6. The Balaban J connectivity index is 3.19. The first-order valence-electron chi connectivity index (χ1n) is 4.60. The molecule has 0 aromatic heterocycles. The number of phenolic OH excluding ortho intramolecular Hbond substituents is 2. The normalized spacial score (nSPS) is 13.8. The van der Waals surface area contributed by atoms with Crippen molar-refractivity contribution in [2.45, 2.75) is 25.6 Å². The first kappa shape index (κ1) is 12.6. The van der Waals surface area contributed by atoms with E-state index in [1.165, 1.54) is 0 Å². The standard InChI is InChI=1S/C10H12F3NO2/c1-5(14)4-6-2-3-7(10(11,12)13)9(16)8(6)15/h2-3,5,15-16H,4,14H2,1H3. The van der Waals surface area contributed by atoms with Gasteiger partial charge in [0.15, 0.2) is 11.5 Å². The maximum absolute atomic E-state index is 12.3. The van der Waals surface area contributed by atoms with Gasteiger partial charge in [-0.15, -0.1) is 0 Å². The molecule has 0 aliphatic carbocycles. The van der Waals surface area contributed by atoms with Crippen LogP contribution in [-0.4, -0.2) is 16.3 Å². The highest BCUT2D eigenvalue weighted by Crippen LogP contribution is 2.42. The molecule has 0 radical (unpaired) electrons. The summed E-state index contributed by atoms with van der Waals surface area (Å²) in [6, 6.07) is 1.52. The Bertz CT molecular complexity index is 388. The Labute approximate surface area is 90.3 Å². The molecule has 1 unspecified atom stereocenters. The van der Waals surface area contributed by atoms with E-state index >= 15 is 0 Å². The summed E-state index contributed by atoms with van der Waals surface area (Å²) in [5.74, 6) is -1.90. The van der Waals surface area contributed by atoms with Crippen LogP contribution in [0.15, 0.2) is 12.1 Å². The van der Waals surface area contributed by atoms with Gasteiger partial charge in [0.25, 0.3) is 0 Å². The Hall–Kier alpha value is -1.43. The fourth-order valence-corrected chi connectivity index (χ4v) is 1.36. The molecule has 1 atom stereocenters. The van der Waals surface area contributed by atoms with Crippen LogP contribution in [0.5, 0.6) is 11.5 Å². The van der Waals surface area contributed by atoms with Crippen LogP contribution >= 0.6 is 0 Å². The van der Waals surface area contributed by atoms with Crippen LogP contribution in [0.25, 0.3) is 0 Å². The molecule has 0 aliphatic heterocycles. The van der Waals surface area contributed by atoms with Crippen LogP contribution in [0.4, 0.5) is 13.2 Å². The van der Waals surface area contributed by atoms with Crippen molar-refractivity contribution >= 4 is 0 Å². The number of phenols is 2. The number of benzene rings is 1. The molecule has 0 heterocycles. The quantitative estimate of drug-likeness (QED) is 0.687. The van der Waals surface area contributed by atoms with Crippen molar-refractivity contribution in [3.63, 3.8) is 0 Å². The lowest BCUT2D eigenvalue weighted by molar-refractivity contribution is -0.138. The summed E-state index contributed by atoms with van der Waals surface area (Å²) in [6.07, 6.45) is -4.49. The average Bonchev–Trinajstić information content (AvgIpc) is 2.10. The minimum absolute atomic E-state index is 0.192. The third-order valence-corrected chi connectivity index (χ3v) is 2.08. The van der Waals surface area contributed by atoms with E-state index in [0.29, 0.717) is 0 Å². The highest BCUT2D eigenvalue weighted by molar-refractivity contribution is 5.51. The summed E-state index contributed by atoms with van der Waals surface area (Å²) >= 11 is 0. The average molecular weight is 235 g/mol. The molecule has 3 nitrogen and oxygen atoms in total. The summed E-state index contributed by atoms with van der Waals surface area (Å²) in [6.45, 7) is 1.65. The number of halogens is 3. The first-order chi connectivity index (χ1) is 7.23. The van der Waals surface area contributed by atoms with Crippen LogP contribution in [0.3, 0.4) is 0 Å². The van der Waals surface area contributed by atoms with Gasteiger partial charge < -0.3 is 15.9 Å². The SMILES string of the molecule is CC(N)Cc1ccc(C(F)(F)F)c(O)c1O. The van der Waals surface area contributed by atoms with Crippen LogP contribution in [0.1, 0.15) is 18.1 Å². The molecule has 1 aromatic carbocycles. The Kier molecular flexibility index (Phi) is 3.32. The fraction of sp³-hybridized carbons (Fsp3) is 0.400. The van der Waals surface area contributed by atoms with E-state index in [9.17, 15) is 23.4 Å². The van der Waals surface area contributed by atoms with Gasteiger partial charge in [0.05, 0.1) is 0 Å². The monoisotopic (exact) mass is 235 g/mol. The van der Waals surface area contributed by atoms with E-state index in [1.54, 1.807) is 6.92 Å². The van der Waals surface area contributed by atoms with E-state index in [2.05, 4.69) is 0 Å². The Morgan fingerprint density at radius 3 is 2.25 bits per heavy atom. The van der Waals surface area contributed by atoms with Crippen molar-refractivity contribution in [3.05, 3.63) is 23.3 Å². The smallest absolute Gasteiger partial charge is 0.420 e. The van der Waals surface area contributed by atoms with Gasteiger partial charge in [-0.25, -0.2) is 0 Å². The first-order valence-corrected chi connectivity index (χ1v) is 4.60. The number of alkyl halides is 3. The van der Waals surface area contributed by atoms with Gasteiger partial charge in [-0.3, -0.25) is 0 Å². The van der Waals surface area contributed by atoms with Crippen LogP contribution in [-0.2, 0) is 12.6 Å².